The highest BCUT2D eigenvalue weighted by atomic mass is 16.4. The van der Waals surface area contributed by atoms with E-state index in [4.69, 9.17) is 10.9 Å². The van der Waals surface area contributed by atoms with Crippen LogP contribution in [0.5, 0.6) is 0 Å². The van der Waals surface area contributed by atoms with Gasteiger partial charge in [0.05, 0.1) is 0 Å². The number of nitrogens with zero attached hydrogens (tertiary/aromatic N) is 1. The van der Waals surface area contributed by atoms with Gasteiger partial charge in [-0.05, 0) is 43.2 Å². The second-order valence-corrected chi connectivity index (χ2v) is 6.01. The van der Waals surface area contributed by atoms with Crippen molar-refractivity contribution in [2.75, 3.05) is 6.54 Å². The van der Waals surface area contributed by atoms with Crippen LogP contribution in [0.2, 0.25) is 0 Å². The van der Waals surface area contributed by atoms with Crippen molar-refractivity contribution >= 4 is 11.7 Å². The molecule has 1 aromatic carbocycles. The fraction of sp³-hybridized carbons (Fsp3) is 0.500. The van der Waals surface area contributed by atoms with Crippen LogP contribution in [0.15, 0.2) is 29.4 Å². The van der Waals surface area contributed by atoms with Crippen molar-refractivity contribution in [3.05, 3.63) is 35.4 Å². The Morgan fingerprint density at radius 2 is 2.14 bits per heavy atom. The van der Waals surface area contributed by atoms with Crippen LogP contribution in [0.25, 0.3) is 0 Å². The summed E-state index contributed by atoms with van der Waals surface area (Å²) in [5.41, 5.74) is 7.34. The van der Waals surface area contributed by atoms with E-state index in [0.717, 1.165) is 6.42 Å². The van der Waals surface area contributed by atoms with Crippen molar-refractivity contribution in [2.24, 2.45) is 22.2 Å². The molecule has 5 heteroatoms. The summed E-state index contributed by atoms with van der Waals surface area (Å²) in [7, 11) is 0. The second-order valence-electron chi connectivity index (χ2n) is 6.01. The number of carbonyl (C=O) groups excluding carboxylic acids is 1. The molecule has 4 N–H and O–H groups in total. The quantitative estimate of drug-likeness (QED) is 0.334. The maximum atomic E-state index is 12.4. The lowest BCUT2D eigenvalue weighted by molar-refractivity contribution is -0.133. The van der Waals surface area contributed by atoms with Crippen LogP contribution in [0.3, 0.4) is 0 Å². The minimum atomic E-state index is -0.820. The van der Waals surface area contributed by atoms with Crippen LogP contribution < -0.4 is 11.1 Å². The first-order valence-corrected chi connectivity index (χ1v) is 7.30. The van der Waals surface area contributed by atoms with Gasteiger partial charge in [0.1, 0.15) is 5.41 Å². The number of nitrogens with one attached hydrogen (secondary N) is 1. The number of hydrogen-bond acceptors (Lipinski definition) is 3. The standard InChI is InChI=1S/C16H23N3O2/c1-11-9-16(10-11,14(17)19-21)15(20)18-8-7-13-6-4-3-5-12(13)2/h3-6,11,21H,7-10H2,1-2H3,(H2,17,19)(H,18,20). The predicted octanol–water partition coefficient (Wildman–Crippen LogP) is 1.82. The summed E-state index contributed by atoms with van der Waals surface area (Å²) >= 11 is 0. The fourth-order valence-corrected chi connectivity index (χ4v) is 3.11. The zero-order valence-electron chi connectivity index (χ0n) is 12.6. The summed E-state index contributed by atoms with van der Waals surface area (Å²) in [5, 5.41) is 14.9. The number of amidine groups is 1. The van der Waals surface area contributed by atoms with Crippen molar-refractivity contribution in [3.8, 4) is 0 Å². The highest BCUT2D eigenvalue weighted by Crippen LogP contribution is 2.45. The van der Waals surface area contributed by atoms with E-state index >= 15 is 0 Å². The Labute approximate surface area is 125 Å². The number of oxime groups is 1. The number of rotatable bonds is 5. The van der Waals surface area contributed by atoms with Gasteiger partial charge in [0.15, 0.2) is 5.84 Å². The highest BCUT2D eigenvalue weighted by molar-refractivity contribution is 6.07. The molecule has 1 aliphatic rings. The van der Waals surface area contributed by atoms with Gasteiger partial charge >= 0.3 is 0 Å². The molecule has 0 atom stereocenters. The molecular formula is C16H23N3O2. The van der Waals surface area contributed by atoms with Gasteiger partial charge in [-0.1, -0.05) is 36.3 Å². The maximum Gasteiger partial charge on any atom is 0.233 e. The van der Waals surface area contributed by atoms with Gasteiger partial charge in [0.25, 0.3) is 0 Å². The number of nitrogens with two attached hydrogens (primary N) is 1. The number of aryl methyl sites for hydroxylation is 1. The van der Waals surface area contributed by atoms with E-state index in [9.17, 15) is 4.79 Å². The molecule has 1 aromatic rings. The van der Waals surface area contributed by atoms with Gasteiger partial charge in [0.2, 0.25) is 5.91 Å². The predicted molar refractivity (Wildman–Crippen MR) is 82.1 cm³/mol. The highest BCUT2D eigenvalue weighted by Gasteiger charge is 2.51. The largest absolute Gasteiger partial charge is 0.409 e. The van der Waals surface area contributed by atoms with E-state index in [-0.39, 0.29) is 11.7 Å². The van der Waals surface area contributed by atoms with Crippen LogP contribution >= 0.6 is 0 Å². The van der Waals surface area contributed by atoms with Crippen LogP contribution in [-0.4, -0.2) is 23.5 Å². The Hall–Kier alpha value is -2.04. The third-order valence-electron chi connectivity index (χ3n) is 4.37. The third kappa shape index (κ3) is 3.01. The first-order valence-electron chi connectivity index (χ1n) is 7.30. The molecule has 5 nitrogen and oxygen atoms in total. The molecule has 0 bridgehead atoms. The first kappa shape index (κ1) is 15.4. The van der Waals surface area contributed by atoms with Crippen molar-refractivity contribution in [2.45, 2.75) is 33.1 Å². The van der Waals surface area contributed by atoms with Gasteiger partial charge < -0.3 is 16.3 Å². The van der Waals surface area contributed by atoms with Gasteiger partial charge in [-0.2, -0.15) is 0 Å². The Kier molecular flexibility index (Phi) is 4.50. The first-order chi connectivity index (χ1) is 9.99. The molecule has 0 aromatic heterocycles. The molecule has 1 aliphatic carbocycles. The third-order valence-corrected chi connectivity index (χ3v) is 4.37. The molecule has 0 heterocycles. The van der Waals surface area contributed by atoms with Gasteiger partial charge in [-0.15, -0.1) is 0 Å². The summed E-state index contributed by atoms with van der Waals surface area (Å²) in [5.74, 6) is 0.311. The SMILES string of the molecule is Cc1ccccc1CCNC(=O)C1(/C(N)=N/O)CC(C)C1. The summed E-state index contributed by atoms with van der Waals surface area (Å²) in [6, 6.07) is 8.12. The lowest BCUT2D eigenvalue weighted by atomic mass is 9.61. The van der Waals surface area contributed by atoms with E-state index in [1.165, 1.54) is 11.1 Å². The topological polar surface area (TPSA) is 87.7 Å². The molecule has 0 radical (unpaired) electrons. The molecule has 0 unspecified atom stereocenters. The molecule has 2 rings (SSSR count). The van der Waals surface area contributed by atoms with Crippen molar-refractivity contribution in [1.29, 1.82) is 0 Å². The second kappa shape index (κ2) is 6.16. The molecular weight excluding hydrogens is 266 g/mol. The van der Waals surface area contributed by atoms with E-state index in [2.05, 4.69) is 36.5 Å². The molecule has 1 fully saturated rings. The average Bonchev–Trinajstić information content (AvgIpc) is 2.44. The lowest BCUT2D eigenvalue weighted by Gasteiger charge is -2.43. The Balaban J connectivity index is 1.94. The normalized spacial score (nSPS) is 25.2. The smallest absolute Gasteiger partial charge is 0.233 e. The van der Waals surface area contributed by atoms with E-state index < -0.39 is 5.41 Å². The van der Waals surface area contributed by atoms with E-state index in [1.807, 2.05) is 12.1 Å². The number of hydrogen-bond donors (Lipinski definition) is 3. The zero-order valence-corrected chi connectivity index (χ0v) is 12.6. The Bertz CT molecular complexity index is 548. The molecule has 1 saturated carbocycles. The Morgan fingerprint density at radius 1 is 1.48 bits per heavy atom. The molecule has 114 valence electrons. The van der Waals surface area contributed by atoms with Crippen LogP contribution in [0.4, 0.5) is 0 Å². The monoisotopic (exact) mass is 289 g/mol. The van der Waals surface area contributed by atoms with Gasteiger partial charge in [-0.25, -0.2) is 0 Å². The van der Waals surface area contributed by atoms with E-state index in [1.54, 1.807) is 0 Å². The van der Waals surface area contributed by atoms with Crippen LogP contribution in [0, 0.1) is 18.3 Å². The average molecular weight is 289 g/mol. The number of benzene rings is 1. The van der Waals surface area contributed by atoms with Crippen molar-refractivity contribution in [3.63, 3.8) is 0 Å². The van der Waals surface area contributed by atoms with Crippen LogP contribution in [-0.2, 0) is 11.2 Å². The summed E-state index contributed by atoms with van der Waals surface area (Å²) in [6.07, 6.45) is 2.05. The molecule has 21 heavy (non-hydrogen) atoms. The number of carbonyl (C=O) groups is 1. The minimum absolute atomic E-state index is 0.0222. The molecule has 0 spiro atoms. The molecule has 1 amide bonds. The number of amides is 1. The van der Waals surface area contributed by atoms with Gasteiger partial charge in [0, 0.05) is 6.54 Å². The van der Waals surface area contributed by atoms with Crippen LogP contribution in [0.1, 0.15) is 30.9 Å². The lowest BCUT2D eigenvalue weighted by Crippen LogP contribution is -2.57. The molecule has 0 saturated heterocycles. The fourth-order valence-electron chi connectivity index (χ4n) is 3.11. The summed E-state index contributed by atoms with van der Waals surface area (Å²) in [6.45, 7) is 4.67. The summed E-state index contributed by atoms with van der Waals surface area (Å²) < 4.78 is 0. The van der Waals surface area contributed by atoms with Gasteiger partial charge in [-0.3, -0.25) is 4.79 Å². The molecule has 0 aliphatic heterocycles. The Morgan fingerprint density at radius 3 is 2.71 bits per heavy atom. The minimum Gasteiger partial charge on any atom is -0.409 e. The zero-order chi connectivity index (χ0) is 15.5. The van der Waals surface area contributed by atoms with E-state index in [0.29, 0.717) is 25.3 Å². The van der Waals surface area contributed by atoms with Crippen molar-refractivity contribution in [1.82, 2.24) is 5.32 Å². The van der Waals surface area contributed by atoms with Crippen molar-refractivity contribution < 1.29 is 10.0 Å². The maximum absolute atomic E-state index is 12.4. The summed E-state index contributed by atoms with van der Waals surface area (Å²) in [4.78, 5) is 12.4.